The lowest BCUT2D eigenvalue weighted by Gasteiger charge is -2.00. The Balaban J connectivity index is 2.19. The summed E-state index contributed by atoms with van der Waals surface area (Å²) in [5.74, 6) is 1.31. The summed E-state index contributed by atoms with van der Waals surface area (Å²) in [4.78, 5) is 0. The van der Waals surface area contributed by atoms with Crippen molar-refractivity contribution in [3.05, 3.63) is 34.6 Å². The first-order valence-corrected chi connectivity index (χ1v) is 5.14. The standard InChI is InChI=1S/C10H9Cl2F/c11-5-7-3-8(7)6-1-2-9(12)10(13)4-6/h1-2,4,7-8H,3,5H2. The maximum atomic E-state index is 13.0. The monoisotopic (exact) mass is 218 g/mol. The second-order valence-electron chi connectivity index (χ2n) is 3.43. The molecular weight excluding hydrogens is 210 g/mol. The molecule has 0 nitrogen and oxygen atoms in total. The summed E-state index contributed by atoms with van der Waals surface area (Å²) in [6.07, 6.45) is 1.07. The molecule has 3 heteroatoms. The molecule has 0 aliphatic heterocycles. The second-order valence-corrected chi connectivity index (χ2v) is 4.15. The van der Waals surface area contributed by atoms with Crippen LogP contribution in [0.25, 0.3) is 0 Å². The van der Waals surface area contributed by atoms with Crippen LogP contribution in [0.1, 0.15) is 17.9 Å². The zero-order chi connectivity index (χ0) is 9.42. The van der Waals surface area contributed by atoms with Gasteiger partial charge in [-0.15, -0.1) is 11.6 Å². The number of alkyl halides is 1. The minimum Gasteiger partial charge on any atom is -0.205 e. The molecule has 0 bridgehead atoms. The van der Waals surface area contributed by atoms with Crippen molar-refractivity contribution in [2.75, 3.05) is 5.88 Å². The smallest absolute Gasteiger partial charge is 0.142 e. The van der Waals surface area contributed by atoms with Crippen LogP contribution >= 0.6 is 23.2 Å². The fourth-order valence-corrected chi connectivity index (χ4v) is 2.03. The van der Waals surface area contributed by atoms with Gasteiger partial charge in [0.25, 0.3) is 0 Å². The van der Waals surface area contributed by atoms with E-state index in [0.29, 0.717) is 17.7 Å². The van der Waals surface area contributed by atoms with Gasteiger partial charge in [-0.1, -0.05) is 17.7 Å². The van der Waals surface area contributed by atoms with E-state index in [1.165, 1.54) is 6.07 Å². The Morgan fingerprint density at radius 2 is 2.23 bits per heavy atom. The highest BCUT2D eigenvalue weighted by atomic mass is 35.5. The van der Waals surface area contributed by atoms with Crippen LogP contribution in [0.15, 0.2) is 18.2 Å². The third kappa shape index (κ3) is 1.82. The summed E-state index contributed by atoms with van der Waals surface area (Å²) < 4.78 is 13.0. The van der Waals surface area contributed by atoms with E-state index >= 15 is 0 Å². The lowest BCUT2D eigenvalue weighted by atomic mass is 10.1. The average Bonchev–Trinajstić information content (AvgIpc) is 2.88. The number of rotatable bonds is 2. The van der Waals surface area contributed by atoms with Crippen LogP contribution in [0.5, 0.6) is 0 Å². The van der Waals surface area contributed by atoms with E-state index in [4.69, 9.17) is 23.2 Å². The van der Waals surface area contributed by atoms with Crippen LogP contribution in [-0.4, -0.2) is 5.88 Å². The molecule has 70 valence electrons. The van der Waals surface area contributed by atoms with Crippen LogP contribution in [0.3, 0.4) is 0 Å². The highest BCUT2D eigenvalue weighted by Gasteiger charge is 2.37. The Bertz CT molecular complexity index is 325. The predicted octanol–water partition coefficient (Wildman–Crippen LogP) is 3.82. The van der Waals surface area contributed by atoms with E-state index in [-0.39, 0.29) is 10.8 Å². The fourth-order valence-electron chi connectivity index (χ4n) is 1.57. The Morgan fingerprint density at radius 3 is 2.77 bits per heavy atom. The van der Waals surface area contributed by atoms with Gasteiger partial charge in [-0.3, -0.25) is 0 Å². The number of halogens is 3. The predicted molar refractivity (Wildman–Crippen MR) is 53.0 cm³/mol. The van der Waals surface area contributed by atoms with Crippen molar-refractivity contribution < 1.29 is 4.39 Å². The quantitative estimate of drug-likeness (QED) is 0.663. The van der Waals surface area contributed by atoms with Crippen molar-refractivity contribution in [3.8, 4) is 0 Å². The van der Waals surface area contributed by atoms with E-state index in [1.807, 2.05) is 6.07 Å². The van der Waals surface area contributed by atoms with Gasteiger partial charge in [-0.25, -0.2) is 4.39 Å². The molecule has 0 saturated heterocycles. The Labute approximate surface area is 86.7 Å². The minimum atomic E-state index is -0.334. The summed E-state index contributed by atoms with van der Waals surface area (Å²) in [5, 5.41) is 0.187. The van der Waals surface area contributed by atoms with E-state index in [9.17, 15) is 4.39 Å². The van der Waals surface area contributed by atoms with Gasteiger partial charge < -0.3 is 0 Å². The number of hydrogen-bond acceptors (Lipinski definition) is 0. The molecule has 0 aromatic heterocycles. The zero-order valence-corrected chi connectivity index (χ0v) is 8.45. The van der Waals surface area contributed by atoms with Gasteiger partial charge in [-0.05, 0) is 36.0 Å². The van der Waals surface area contributed by atoms with Crippen molar-refractivity contribution in [3.63, 3.8) is 0 Å². The highest BCUT2D eigenvalue weighted by Crippen LogP contribution is 2.48. The molecule has 2 atom stereocenters. The Kier molecular flexibility index (Phi) is 2.48. The number of benzene rings is 1. The molecule has 1 fully saturated rings. The molecule has 0 radical (unpaired) electrons. The molecule has 1 aliphatic rings. The third-order valence-electron chi connectivity index (χ3n) is 2.49. The minimum absolute atomic E-state index is 0.187. The molecule has 2 rings (SSSR count). The summed E-state index contributed by atoms with van der Waals surface area (Å²) in [6.45, 7) is 0. The van der Waals surface area contributed by atoms with E-state index < -0.39 is 0 Å². The van der Waals surface area contributed by atoms with E-state index in [1.54, 1.807) is 6.07 Å². The van der Waals surface area contributed by atoms with Crippen LogP contribution in [-0.2, 0) is 0 Å². The molecule has 13 heavy (non-hydrogen) atoms. The van der Waals surface area contributed by atoms with Crippen molar-refractivity contribution in [1.29, 1.82) is 0 Å². The molecular formula is C10H9Cl2F. The lowest BCUT2D eigenvalue weighted by Crippen LogP contribution is -1.86. The molecule has 2 unspecified atom stereocenters. The first-order valence-electron chi connectivity index (χ1n) is 4.23. The van der Waals surface area contributed by atoms with Gasteiger partial charge in [0.2, 0.25) is 0 Å². The highest BCUT2D eigenvalue weighted by molar-refractivity contribution is 6.30. The van der Waals surface area contributed by atoms with Crippen LogP contribution in [0.2, 0.25) is 5.02 Å². The molecule has 0 spiro atoms. The number of hydrogen-bond donors (Lipinski definition) is 0. The summed E-state index contributed by atoms with van der Waals surface area (Å²) >= 11 is 11.3. The molecule has 1 aromatic carbocycles. The van der Waals surface area contributed by atoms with E-state index in [0.717, 1.165) is 12.0 Å². The SMILES string of the molecule is Fc1cc(C2CC2CCl)ccc1Cl. The molecule has 0 heterocycles. The van der Waals surface area contributed by atoms with Crippen molar-refractivity contribution >= 4 is 23.2 Å². The van der Waals surface area contributed by atoms with E-state index in [2.05, 4.69) is 0 Å². The maximum absolute atomic E-state index is 13.0. The van der Waals surface area contributed by atoms with Gasteiger partial charge in [0.1, 0.15) is 5.82 Å². The fraction of sp³-hybridized carbons (Fsp3) is 0.400. The van der Waals surface area contributed by atoms with Crippen molar-refractivity contribution in [2.45, 2.75) is 12.3 Å². The third-order valence-corrected chi connectivity index (χ3v) is 3.20. The van der Waals surface area contributed by atoms with Gasteiger partial charge in [0.15, 0.2) is 0 Å². The summed E-state index contributed by atoms with van der Waals surface area (Å²) in [6, 6.07) is 5.00. The van der Waals surface area contributed by atoms with Crippen LogP contribution in [0.4, 0.5) is 4.39 Å². The summed E-state index contributed by atoms with van der Waals surface area (Å²) in [5.41, 5.74) is 1.02. The normalized spacial score (nSPS) is 26.1. The lowest BCUT2D eigenvalue weighted by molar-refractivity contribution is 0.625. The zero-order valence-electron chi connectivity index (χ0n) is 6.93. The molecule has 0 N–H and O–H groups in total. The van der Waals surface area contributed by atoms with Crippen LogP contribution < -0.4 is 0 Å². The molecule has 1 saturated carbocycles. The molecule has 1 aromatic rings. The van der Waals surface area contributed by atoms with Crippen molar-refractivity contribution in [2.24, 2.45) is 5.92 Å². The summed E-state index contributed by atoms with van der Waals surface area (Å²) in [7, 11) is 0. The maximum Gasteiger partial charge on any atom is 0.142 e. The first-order chi connectivity index (χ1) is 6.22. The van der Waals surface area contributed by atoms with Crippen molar-refractivity contribution in [1.82, 2.24) is 0 Å². The van der Waals surface area contributed by atoms with Gasteiger partial charge in [0.05, 0.1) is 5.02 Å². The topological polar surface area (TPSA) is 0 Å². The molecule has 0 amide bonds. The second kappa shape index (κ2) is 3.47. The van der Waals surface area contributed by atoms with Gasteiger partial charge in [0, 0.05) is 5.88 Å². The van der Waals surface area contributed by atoms with Gasteiger partial charge in [-0.2, -0.15) is 0 Å². The largest absolute Gasteiger partial charge is 0.205 e. The Hall–Kier alpha value is -0.270. The average molecular weight is 219 g/mol. The van der Waals surface area contributed by atoms with Gasteiger partial charge >= 0.3 is 0 Å². The first kappa shape index (κ1) is 9.29. The molecule has 1 aliphatic carbocycles. The van der Waals surface area contributed by atoms with Crippen LogP contribution in [0, 0.1) is 11.7 Å². The Morgan fingerprint density at radius 1 is 1.46 bits per heavy atom.